The van der Waals surface area contributed by atoms with E-state index in [-0.39, 0.29) is 55.3 Å². The molecule has 3 N–H and O–H groups in total. The van der Waals surface area contributed by atoms with E-state index in [9.17, 15) is 13.9 Å². The van der Waals surface area contributed by atoms with Crippen LogP contribution in [-0.4, -0.2) is 49.4 Å². The minimum Gasteiger partial charge on any atom is -0.382 e. The normalized spacial score (nSPS) is 21.8. The average Bonchev–Trinajstić information content (AvgIpc) is 3.06. The summed E-state index contributed by atoms with van der Waals surface area (Å²) in [5.74, 6) is 0.563. The molecule has 290 valence electrons. The van der Waals surface area contributed by atoms with Crippen molar-refractivity contribution >= 4 is 49.8 Å². The number of hydrogen-bond donors (Lipinski definition) is 3. The van der Waals surface area contributed by atoms with Gasteiger partial charge in [0, 0.05) is 6.54 Å². The van der Waals surface area contributed by atoms with Crippen LogP contribution in [0.25, 0.3) is 0 Å². The number of aryl methyl sites for hydroxylation is 3. The third-order valence-electron chi connectivity index (χ3n) is 11.1. The van der Waals surface area contributed by atoms with Gasteiger partial charge >= 0.3 is 15.2 Å². The second-order valence-electron chi connectivity index (χ2n) is 14.9. The number of hydrogen-bond acceptors (Lipinski definition) is 9. The molecule has 0 aliphatic heterocycles. The molecule has 4 rings (SSSR count). The lowest BCUT2D eigenvalue weighted by atomic mass is 9.49. The van der Waals surface area contributed by atoms with Crippen LogP contribution in [-0.2, 0) is 43.9 Å². The fourth-order valence-electron chi connectivity index (χ4n) is 8.34. The van der Waals surface area contributed by atoms with Gasteiger partial charge in [0.15, 0.2) is 10.5 Å². The van der Waals surface area contributed by atoms with Crippen molar-refractivity contribution in [2.24, 2.45) is 11.3 Å². The molecule has 0 spiro atoms. The molecule has 13 heteroatoms. The number of rotatable bonds is 16. The van der Waals surface area contributed by atoms with Crippen LogP contribution >= 0.6 is 27.4 Å². The van der Waals surface area contributed by atoms with Crippen molar-refractivity contribution in [3.63, 3.8) is 0 Å². The number of thiocarbonyl (C=S) groups is 1. The number of carbonyl (C=O) groups is 1. The monoisotopic (exact) mass is 777 g/mol. The zero-order valence-electron chi connectivity index (χ0n) is 32.9. The van der Waals surface area contributed by atoms with Crippen LogP contribution in [0, 0.1) is 25.2 Å². The molecule has 2 aromatic rings. The lowest BCUT2D eigenvalue weighted by Crippen LogP contribution is -2.56. The lowest BCUT2D eigenvalue weighted by molar-refractivity contribution is -0.137. The van der Waals surface area contributed by atoms with Crippen molar-refractivity contribution in [3.05, 3.63) is 58.1 Å². The Morgan fingerprint density at radius 2 is 1.44 bits per heavy atom. The summed E-state index contributed by atoms with van der Waals surface area (Å²) in [4.78, 5) is 14.3. The van der Waals surface area contributed by atoms with E-state index in [4.69, 9.17) is 30.3 Å². The van der Waals surface area contributed by atoms with Gasteiger partial charge in [-0.1, -0.05) is 52.3 Å². The largest absolute Gasteiger partial charge is 0.382 e. The molecule has 3 atom stereocenters. The van der Waals surface area contributed by atoms with Gasteiger partial charge in [0.25, 0.3) is 0 Å². The molecule has 10 nitrogen and oxygen atoms in total. The number of carbonyl (C=O) groups excluding carboxylic acids is 1. The van der Waals surface area contributed by atoms with E-state index in [2.05, 4.69) is 61.8 Å². The van der Waals surface area contributed by atoms with Crippen molar-refractivity contribution < 1.29 is 32.0 Å². The summed E-state index contributed by atoms with van der Waals surface area (Å²) in [6.45, 7) is 19.9. The number of nitrogens with one attached hydrogen (secondary N) is 3. The molecule has 0 bridgehead atoms. The highest BCUT2D eigenvalue weighted by molar-refractivity contribution is 7.80. The minimum absolute atomic E-state index is 0.0784. The maximum atomic E-state index is 14.3. The first-order valence-electron chi connectivity index (χ1n) is 18.9. The fourth-order valence-corrected chi connectivity index (χ4v) is 13.6. The summed E-state index contributed by atoms with van der Waals surface area (Å²) in [5.41, 5.74) is 6.64. The van der Waals surface area contributed by atoms with Crippen LogP contribution in [0.15, 0.2) is 30.3 Å². The number of anilines is 2. The van der Waals surface area contributed by atoms with Gasteiger partial charge in [0.2, 0.25) is 5.91 Å². The second kappa shape index (κ2) is 17.6. The van der Waals surface area contributed by atoms with Crippen LogP contribution in [0.3, 0.4) is 0 Å². The molecule has 2 aliphatic rings. The molecule has 2 aromatic carbocycles. The molecule has 0 unspecified atom stereocenters. The molecule has 1 saturated carbocycles. The Morgan fingerprint density at radius 1 is 0.885 bits per heavy atom. The number of fused-ring (bicyclic) bond motifs is 3. The Labute approximate surface area is 317 Å². The molecule has 1 fully saturated rings. The van der Waals surface area contributed by atoms with E-state index in [0.29, 0.717) is 17.3 Å². The van der Waals surface area contributed by atoms with Crippen LogP contribution in [0.5, 0.6) is 0 Å². The Kier molecular flexibility index (Phi) is 14.4. The molecule has 0 saturated heterocycles. The highest BCUT2D eigenvalue weighted by Gasteiger charge is 2.55. The molecule has 52 heavy (non-hydrogen) atoms. The van der Waals surface area contributed by atoms with Gasteiger partial charge in [-0.3, -0.25) is 13.9 Å². The summed E-state index contributed by atoms with van der Waals surface area (Å²) >= 11 is 5.80. The molecular formula is C39H61N3O7P2S. The van der Waals surface area contributed by atoms with E-state index in [1.54, 1.807) is 27.7 Å². The first kappa shape index (κ1) is 42.6. The minimum atomic E-state index is -3.98. The highest BCUT2D eigenvalue weighted by Crippen LogP contribution is 2.70. The molecule has 0 aromatic heterocycles. The SMILES string of the molecule is CCOP(=O)(OCC)C(CNc1cc(C)c(C)cc1NC(=S)NC(=O)[C@]1(C)CCC[C@]2(C)c3ccc(C(C)C)cc3CC[C@@H]12)P(=O)(OCC)OCC. The predicted molar refractivity (Wildman–Crippen MR) is 216 cm³/mol. The van der Waals surface area contributed by atoms with E-state index in [1.165, 1.54) is 16.7 Å². The zero-order chi connectivity index (χ0) is 38.5. The van der Waals surface area contributed by atoms with E-state index < -0.39 is 26.0 Å². The van der Waals surface area contributed by atoms with Crippen LogP contribution < -0.4 is 16.0 Å². The first-order valence-corrected chi connectivity index (χ1v) is 22.5. The van der Waals surface area contributed by atoms with Crippen LogP contribution in [0.1, 0.15) is 115 Å². The maximum absolute atomic E-state index is 14.3. The molecule has 0 heterocycles. The third kappa shape index (κ3) is 8.88. The summed E-state index contributed by atoms with van der Waals surface area (Å²) in [6.07, 6.45) is 4.70. The maximum Gasteiger partial charge on any atom is 0.347 e. The van der Waals surface area contributed by atoms with Crippen molar-refractivity contribution in [3.8, 4) is 0 Å². The van der Waals surface area contributed by atoms with Gasteiger partial charge in [-0.25, -0.2) is 0 Å². The molecule has 0 radical (unpaired) electrons. The quantitative estimate of drug-likeness (QED) is 0.112. The third-order valence-corrected chi connectivity index (χ3v) is 17.3. The summed E-state index contributed by atoms with van der Waals surface area (Å²) in [5, 5.41) is 8.57. The van der Waals surface area contributed by atoms with Crippen molar-refractivity contribution in [2.75, 3.05) is 43.6 Å². The second-order valence-corrected chi connectivity index (χ2v) is 20.1. The van der Waals surface area contributed by atoms with Gasteiger partial charge in [-0.05, 0) is 137 Å². The first-order chi connectivity index (χ1) is 24.5. The topological polar surface area (TPSA) is 124 Å². The van der Waals surface area contributed by atoms with Crippen molar-refractivity contribution in [2.45, 2.75) is 118 Å². The Morgan fingerprint density at radius 3 is 1.98 bits per heavy atom. The van der Waals surface area contributed by atoms with Crippen molar-refractivity contribution in [1.82, 2.24) is 5.32 Å². The van der Waals surface area contributed by atoms with E-state index in [1.807, 2.05) is 26.0 Å². The lowest BCUT2D eigenvalue weighted by Gasteiger charge is -2.54. The standard InChI is InChI=1S/C39H61N3O7P2S/c1-11-46-50(44,47-12-2)35(51(45,48-13-3)49-14-4)25-40-32-22-27(7)28(8)23-33(32)41-37(52)42-36(43)39(10)21-15-20-38(9)31-18-16-29(26(5)6)24-30(31)17-19-34(38)39/h16,18,22-24,26,34-35,40H,11-15,17,19-21,25H2,1-10H3,(H2,41,42,43,52)/t34-,38-,39-/m1/s1. The molecule has 2 aliphatic carbocycles. The van der Waals surface area contributed by atoms with Gasteiger partial charge in [-0.15, -0.1) is 0 Å². The summed E-state index contributed by atoms with van der Waals surface area (Å²) in [7, 11) is -7.96. The van der Waals surface area contributed by atoms with E-state index >= 15 is 0 Å². The Balaban J connectivity index is 1.58. The van der Waals surface area contributed by atoms with Crippen LogP contribution in [0.4, 0.5) is 11.4 Å². The summed E-state index contributed by atoms with van der Waals surface area (Å²) < 4.78 is 51.0. The Bertz CT molecular complexity index is 1650. The Hall–Kier alpha value is -2.10. The smallest absolute Gasteiger partial charge is 0.347 e. The fraction of sp³-hybridized carbons (Fsp3) is 0.641. The van der Waals surface area contributed by atoms with Gasteiger partial charge in [0.1, 0.15) is 0 Å². The summed E-state index contributed by atoms with van der Waals surface area (Å²) in [6, 6.07) is 10.8. The van der Waals surface area contributed by atoms with Gasteiger partial charge in [0.05, 0.1) is 43.2 Å². The molecule has 1 amide bonds. The van der Waals surface area contributed by atoms with E-state index in [0.717, 1.165) is 43.2 Å². The van der Waals surface area contributed by atoms with Crippen LogP contribution in [0.2, 0.25) is 0 Å². The number of benzene rings is 2. The average molecular weight is 778 g/mol. The van der Waals surface area contributed by atoms with Crippen molar-refractivity contribution in [1.29, 1.82) is 0 Å². The predicted octanol–water partition coefficient (Wildman–Crippen LogP) is 10.2. The zero-order valence-corrected chi connectivity index (χ0v) is 35.5. The highest BCUT2D eigenvalue weighted by atomic mass is 32.1. The van der Waals surface area contributed by atoms with Gasteiger partial charge < -0.3 is 34.0 Å². The molecular weight excluding hydrogens is 716 g/mol. The van der Waals surface area contributed by atoms with Gasteiger partial charge in [-0.2, -0.15) is 0 Å². The number of amides is 1.